The molecule has 0 unspecified atom stereocenters. The van der Waals surface area contributed by atoms with E-state index in [0.29, 0.717) is 16.5 Å². The van der Waals surface area contributed by atoms with Gasteiger partial charge in [-0.15, -0.1) is 0 Å². The van der Waals surface area contributed by atoms with Crippen LogP contribution in [0.15, 0.2) is 54.9 Å². The molecule has 0 aliphatic carbocycles. The number of benzene rings is 2. The van der Waals surface area contributed by atoms with Gasteiger partial charge in [0.05, 0.1) is 5.56 Å². The van der Waals surface area contributed by atoms with Crippen LogP contribution in [0.4, 0.5) is 17.3 Å². The normalized spacial score (nSPS) is 10.4. The van der Waals surface area contributed by atoms with Crippen LogP contribution in [0.3, 0.4) is 0 Å². The van der Waals surface area contributed by atoms with Gasteiger partial charge in [-0.3, -0.25) is 4.79 Å². The summed E-state index contributed by atoms with van der Waals surface area (Å²) in [7, 11) is 0. The van der Waals surface area contributed by atoms with Gasteiger partial charge in [0.1, 0.15) is 0 Å². The minimum absolute atomic E-state index is 0.236. The Kier molecular flexibility index (Phi) is 5.49. The van der Waals surface area contributed by atoms with Gasteiger partial charge < -0.3 is 10.6 Å². The SMILES string of the molecule is CCc1ccccc1NC(=O)c1cnc(Nc2ccc(Cl)cc2C)nc1. The summed E-state index contributed by atoms with van der Waals surface area (Å²) in [5.74, 6) is 0.182. The van der Waals surface area contributed by atoms with E-state index < -0.39 is 0 Å². The van der Waals surface area contributed by atoms with Crippen molar-refractivity contribution in [2.75, 3.05) is 10.6 Å². The van der Waals surface area contributed by atoms with Crippen LogP contribution >= 0.6 is 11.6 Å². The number of halogens is 1. The lowest BCUT2D eigenvalue weighted by Gasteiger charge is -2.10. The van der Waals surface area contributed by atoms with Crippen molar-refractivity contribution in [3.05, 3.63) is 76.6 Å². The number of anilines is 3. The van der Waals surface area contributed by atoms with Crippen molar-refractivity contribution in [1.82, 2.24) is 9.97 Å². The van der Waals surface area contributed by atoms with Gasteiger partial charge in [-0.05, 0) is 48.7 Å². The first-order chi connectivity index (χ1) is 12.6. The third kappa shape index (κ3) is 4.18. The lowest BCUT2D eigenvalue weighted by atomic mass is 10.1. The van der Waals surface area contributed by atoms with Crippen LogP contribution in [0.25, 0.3) is 0 Å². The highest BCUT2D eigenvalue weighted by atomic mass is 35.5. The van der Waals surface area contributed by atoms with E-state index in [-0.39, 0.29) is 5.91 Å². The first-order valence-electron chi connectivity index (χ1n) is 8.31. The molecule has 0 fully saturated rings. The molecule has 0 saturated carbocycles. The second-order valence-electron chi connectivity index (χ2n) is 5.84. The number of carbonyl (C=O) groups is 1. The fourth-order valence-corrected chi connectivity index (χ4v) is 2.77. The summed E-state index contributed by atoms with van der Waals surface area (Å²) < 4.78 is 0. The number of hydrogen-bond donors (Lipinski definition) is 2. The predicted octanol–water partition coefficient (Wildman–Crippen LogP) is 5.00. The first-order valence-corrected chi connectivity index (χ1v) is 8.69. The van der Waals surface area contributed by atoms with Crippen molar-refractivity contribution in [2.45, 2.75) is 20.3 Å². The highest BCUT2D eigenvalue weighted by Gasteiger charge is 2.10. The van der Waals surface area contributed by atoms with E-state index in [1.807, 2.05) is 50.2 Å². The number of carbonyl (C=O) groups excluding carboxylic acids is 1. The van der Waals surface area contributed by atoms with Gasteiger partial charge in [0.25, 0.3) is 5.91 Å². The zero-order valence-corrected chi connectivity index (χ0v) is 15.3. The Morgan fingerprint density at radius 2 is 1.81 bits per heavy atom. The lowest BCUT2D eigenvalue weighted by Crippen LogP contribution is -2.14. The molecule has 2 N–H and O–H groups in total. The van der Waals surface area contributed by atoms with Gasteiger partial charge in [0.15, 0.2) is 0 Å². The van der Waals surface area contributed by atoms with Crippen molar-refractivity contribution in [3.8, 4) is 0 Å². The third-order valence-electron chi connectivity index (χ3n) is 4.00. The number of aryl methyl sites for hydroxylation is 2. The molecule has 0 saturated heterocycles. The molecule has 0 bridgehead atoms. The van der Waals surface area contributed by atoms with E-state index in [4.69, 9.17) is 11.6 Å². The third-order valence-corrected chi connectivity index (χ3v) is 4.23. The topological polar surface area (TPSA) is 66.9 Å². The molecule has 1 heterocycles. The second-order valence-corrected chi connectivity index (χ2v) is 6.28. The summed E-state index contributed by atoms with van der Waals surface area (Å²) in [6, 6.07) is 13.2. The molecule has 5 nitrogen and oxygen atoms in total. The molecule has 0 radical (unpaired) electrons. The maximum absolute atomic E-state index is 12.4. The number of hydrogen-bond acceptors (Lipinski definition) is 4. The fraction of sp³-hybridized carbons (Fsp3) is 0.150. The Balaban J connectivity index is 1.71. The van der Waals surface area contributed by atoms with Crippen molar-refractivity contribution < 1.29 is 4.79 Å². The lowest BCUT2D eigenvalue weighted by molar-refractivity contribution is 0.102. The molecule has 2 aromatic carbocycles. The van der Waals surface area contributed by atoms with Crippen LogP contribution in [-0.2, 0) is 6.42 Å². The van der Waals surface area contributed by atoms with E-state index in [9.17, 15) is 4.79 Å². The van der Waals surface area contributed by atoms with Crippen LogP contribution < -0.4 is 10.6 Å². The van der Waals surface area contributed by atoms with Crippen LogP contribution in [0.1, 0.15) is 28.4 Å². The molecule has 0 aliphatic rings. The first kappa shape index (κ1) is 17.9. The number of nitrogens with one attached hydrogen (secondary N) is 2. The summed E-state index contributed by atoms with van der Waals surface area (Å²) in [6.45, 7) is 3.99. The van der Waals surface area contributed by atoms with Crippen molar-refractivity contribution in [1.29, 1.82) is 0 Å². The van der Waals surface area contributed by atoms with Crippen molar-refractivity contribution >= 4 is 34.8 Å². The molecular formula is C20H19ClN4O. The highest BCUT2D eigenvalue weighted by molar-refractivity contribution is 6.30. The molecule has 0 atom stereocenters. The quantitative estimate of drug-likeness (QED) is 0.667. The van der Waals surface area contributed by atoms with Crippen molar-refractivity contribution in [3.63, 3.8) is 0 Å². The number of para-hydroxylation sites is 1. The molecule has 3 aromatic rings. The van der Waals surface area contributed by atoms with E-state index in [0.717, 1.165) is 28.9 Å². The molecule has 26 heavy (non-hydrogen) atoms. The zero-order valence-electron chi connectivity index (χ0n) is 14.6. The van der Waals surface area contributed by atoms with Gasteiger partial charge in [-0.2, -0.15) is 0 Å². The molecule has 0 spiro atoms. The van der Waals surface area contributed by atoms with Gasteiger partial charge in [0, 0.05) is 28.8 Å². The van der Waals surface area contributed by atoms with Gasteiger partial charge in [0.2, 0.25) is 5.95 Å². The zero-order chi connectivity index (χ0) is 18.5. The average Bonchev–Trinajstić information content (AvgIpc) is 2.65. The Morgan fingerprint density at radius 3 is 2.50 bits per heavy atom. The maximum Gasteiger partial charge on any atom is 0.258 e. The summed E-state index contributed by atoms with van der Waals surface area (Å²) in [6.07, 6.45) is 3.85. The molecule has 1 aromatic heterocycles. The highest BCUT2D eigenvalue weighted by Crippen LogP contribution is 2.22. The molecule has 132 valence electrons. The Hall–Kier alpha value is -2.92. The largest absolute Gasteiger partial charge is 0.324 e. The van der Waals surface area contributed by atoms with Crippen molar-refractivity contribution in [2.24, 2.45) is 0 Å². The minimum Gasteiger partial charge on any atom is -0.324 e. The summed E-state index contributed by atoms with van der Waals surface area (Å²) in [5, 5.41) is 6.70. The average molecular weight is 367 g/mol. The van der Waals surface area contributed by atoms with E-state index in [2.05, 4.69) is 20.6 Å². The van der Waals surface area contributed by atoms with Crippen LogP contribution in [0, 0.1) is 6.92 Å². The minimum atomic E-state index is -0.236. The predicted molar refractivity (Wildman–Crippen MR) is 105 cm³/mol. The maximum atomic E-state index is 12.4. The van der Waals surface area contributed by atoms with E-state index >= 15 is 0 Å². The van der Waals surface area contributed by atoms with E-state index in [1.54, 1.807) is 6.07 Å². The van der Waals surface area contributed by atoms with Crippen LogP contribution in [-0.4, -0.2) is 15.9 Å². The Bertz CT molecular complexity index is 925. The molecular weight excluding hydrogens is 348 g/mol. The summed E-state index contributed by atoms with van der Waals surface area (Å²) in [4.78, 5) is 20.9. The fourth-order valence-electron chi connectivity index (χ4n) is 2.54. The smallest absolute Gasteiger partial charge is 0.258 e. The summed E-state index contributed by atoms with van der Waals surface area (Å²) in [5.41, 5.74) is 4.13. The number of aromatic nitrogens is 2. The molecule has 6 heteroatoms. The van der Waals surface area contributed by atoms with Gasteiger partial charge in [-0.25, -0.2) is 9.97 Å². The second kappa shape index (κ2) is 7.97. The van der Waals surface area contributed by atoms with E-state index in [1.165, 1.54) is 12.4 Å². The van der Waals surface area contributed by atoms with Crippen LogP contribution in [0.2, 0.25) is 5.02 Å². The van der Waals surface area contributed by atoms with Gasteiger partial charge in [-0.1, -0.05) is 36.7 Å². The monoisotopic (exact) mass is 366 g/mol. The Morgan fingerprint density at radius 1 is 1.08 bits per heavy atom. The Labute approximate surface area is 157 Å². The standard InChI is InChI=1S/C20H19ClN4O/c1-3-14-6-4-5-7-18(14)24-19(26)15-11-22-20(23-12-15)25-17-9-8-16(21)10-13(17)2/h4-12H,3H2,1-2H3,(H,24,26)(H,22,23,25). The number of nitrogens with zero attached hydrogens (tertiary/aromatic N) is 2. The summed E-state index contributed by atoms with van der Waals surface area (Å²) >= 11 is 5.96. The molecule has 1 amide bonds. The molecule has 3 rings (SSSR count). The van der Waals surface area contributed by atoms with Gasteiger partial charge >= 0.3 is 0 Å². The number of amides is 1. The molecule has 0 aliphatic heterocycles. The number of rotatable bonds is 5. The van der Waals surface area contributed by atoms with Crippen LogP contribution in [0.5, 0.6) is 0 Å².